The number of amides is 1. The quantitative estimate of drug-likeness (QED) is 0.412. The number of fused-ring (bicyclic) bond motifs is 1. The molecule has 0 saturated heterocycles. The molecule has 1 N–H and O–H groups in total. The van der Waals surface area contributed by atoms with Gasteiger partial charge in [-0.1, -0.05) is 36.4 Å². The molecule has 1 amide bonds. The molecule has 0 aliphatic rings. The van der Waals surface area contributed by atoms with Crippen LogP contribution >= 0.6 is 0 Å². The highest BCUT2D eigenvalue weighted by molar-refractivity contribution is 5.94. The Bertz CT molecular complexity index is 1270. The summed E-state index contributed by atoms with van der Waals surface area (Å²) in [7, 11) is 0. The molecule has 0 saturated carbocycles. The lowest BCUT2D eigenvalue weighted by Crippen LogP contribution is -2.28. The highest BCUT2D eigenvalue weighted by atomic mass is 19.4. The Hall–Kier alpha value is -4.01. The molecule has 0 aliphatic carbocycles. The largest absolute Gasteiger partial charge is 0.483 e. The fourth-order valence-electron chi connectivity index (χ4n) is 3.51. The minimum atomic E-state index is -4.42. The molecule has 0 aliphatic heterocycles. The second-order valence-corrected chi connectivity index (χ2v) is 7.75. The lowest BCUT2D eigenvalue weighted by molar-refractivity contribution is -0.153. The van der Waals surface area contributed by atoms with Crippen molar-refractivity contribution in [1.29, 1.82) is 0 Å². The fourth-order valence-corrected chi connectivity index (χ4v) is 3.51. The third-order valence-corrected chi connectivity index (χ3v) is 5.16. The maximum absolute atomic E-state index is 12.5. The summed E-state index contributed by atoms with van der Waals surface area (Å²) >= 11 is 0. The van der Waals surface area contributed by atoms with Crippen LogP contribution in [0, 0.1) is 0 Å². The molecule has 2 aromatic heterocycles. The highest BCUT2D eigenvalue weighted by Crippen LogP contribution is 2.27. The molecule has 0 spiro atoms. The van der Waals surface area contributed by atoms with Crippen LogP contribution in [0.2, 0.25) is 0 Å². The minimum absolute atomic E-state index is 0.0115. The number of hydrogen-bond donors (Lipinski definition) is 1. The fraction of sp³-hybridized carbons (Fsp3) is 0.200. The van der Waals surface area contributed by atoms with E-state index in [0.29, 0.717) is 5.69 Å². The lowest BCUT2D eigenvalue weighted by atomic mass is 9.99. The Kier molecular flexibility index (Phi) is 6.72. The number of benzene rings is 2. The molecule has 0 bridgehead atoms. The van der Waals surface area contributed by atoms with Gasteiger partial charge in [-0.25, -0.2) is 9.97 Å². The summed E-state index contributed by atoms with van der Waals surface area (Å²) in [5.41, 5.74) is 4.22. The van der Waals surface area contributed by atoms with Gasteiger partial charge in [0.05, 0.1) is 29.9 Å². The molecule has 174 valence electrons. The number of halogens is 3. The smallest absolute Gasteiger partial charge is 0.422 e. The molecule has 0 fully saturated rings. The van der Waals surface area contributed by atoms with Crippen LogP contribution in [0.15, 0.2) is 73.3 Å². The zero-order valence-corrected chi connectivity index (χ0v) is 18.2. The van der Waals surface area contributed by atoms with Crippen LogP contribution < -0.4 is 10.1 Å². The lowest BCUT2D eigenvalue weighted by Gasteiger charge is -2.15. The number of aromatic nitrogens is 3. The molecule has 4 aromatic rings. The number of carbonyl (C=O) groups is 1. The van der Waals surface area contributed by atoms with Crippen LogP contribution in [0.4, 0.5) is 13.2 Å². The maximum Gasteiger partial charge on any atom is 0.422 e. The highest BCUT2D eigenvalue weighted by Gasteiger charge is 2.28. The van der Waals surface area contributed by atoms with E-state index in [1.54, 1.807) is 13.1 Å². The first-order valence-corrected chi connectivity index (χ1v) is 10.5. The van der Waals surface area contributed by atoms with Gasteiger partial charge in [0, 0.05) is 11.6 Å². The molecule has 34 heavy (non-hydrogen) atoms. The Morgan fingerprint density at radius 2 is 1.82 bits per heavy atom. The third-order valence-electron chi connectivity index (χ3n) is 5.16. The Morgan fingerprint density at radius 1 is 1.03 bits per heavy atom. The predicted octanol–water partition coefficient (Wildman–Crippen LogP) is 5.05. The van der Waals surface area contributed by atoms with Crippen LogP contribution in [-0.2, 0) is 11.2 Å². The Labute approximate surface area is 193 Å². The molecule has 6 nitrogen and oxygen atoms in total. The Morgan fingerprint density at radius 3 is 2.53 bits per heavy atom. The summed E-state index contributed by atoms with van der Waals surface area (Å²) in [4.78, 5) is 25.0. The monoisotopic (exact) mass is 466 g/mol. The van der Waals surface area contributed by atoms with Crippen molar-refractivity contribution in [2.24, 2.45) is 0 Å². The van der Waals surface area contributed by atoms with E-state index in [9.17, 15) is 18.0 Å². The zero-order valence-electron chi connectivity index (χ0n) is 18.2. The van der Waals surface area contributed by atoms with Gasteiger partial charge in [0.1, 0.15) is 12.1 Å². The van der Waals surface area contributed by atoms with E-state index in [1.165, 1.54) is 24.7 Å². The topological polar surface area (TPSA) is 77.0 Å². The van der Waals surface area contributed by atoms with Gasteiger partial charge in [-0.2, -0.15) is 13.2 Å². The van der Waals surface area contributed by atoms with Crippen molar-refractivity contribution in [3.05, 3.63) is 84.6 Å². The maximum atomic E-state index is 12.5. The molecule has 9 heteroatoms. The van der Waals surface area contributed by atoms with E-state index in [-0.39, 0.29) is 18.1 Å². The van der Waals surface area contributed by atoms with Crippen LogP contribution in [0.5, 0.6) is 5.75 Å². The van der Waals surface area contributed by atoms with Crippen molar-refractivity contribution in [3.63, 3.8) is 0 Å². The van der Waals surface area contributed by atoms with Crippen molar-refractivity contribution in [2.75, 3.05) is 6.61 Å². The molecule has 2 heterocycles. The number of ether oxygens (including phenoxy) is 1. The number of pyridine rings is 1. The second-order valence-electron chi connectivity index (χ2n) is 7.75. The molecular weight excluding hydrogens is 445 g/mol. The minimum Gasteiger partial charge on any atom is -0.483 e. The van der Waals surface area contributed by atoms with Crippen LogP contribution in [0.3, 0.4) is 0 Å². The first-order valence-electron chi connectivity index (χ1n) is 10.5. The van der Waals surface area contributed by atoms with E-state index in [0.717, 1.165) is 27.6 Å². The standard InChI is InChI=1S/C25H21F3N4O2/c1-16(22-10-9-19(12-30-22)34-14-25(26,27)28)32-24(33)11-17-5-7-18(8-6-17)20-3-2-4-23-21(20)13-29-15-31-23/h2-10,12-13,15-16H,11,14H2,1H3,(H,32,33)/t16-/m1/s1. The zero-order chi connectivity index (χ0) is 24.1. The number of nitrogens with one attached hydrogen (secondary N) is 1. The average Bonchev–Trinajstić information content (AvgIpc) is 2.83. The van der Waals surface area contributed by atoms with Gasteiger partial charge in [0.15, 0.2) is 6.61 Å². The van der Waals surface area contributed by atoms with Gasteiger partial charge >= 0.3 is 6.18 Å². The number of hydrogen-bond acceptors (Lipinski definition) is 5. The van der Waals surface area contributed by atoms with Crippen LogP contribution in [0.1, 0.15) is 24.2 Å². The first-order chi connectivity index (χ1) is 16.3. The van der Waals surface area contributed by atoms with Crippen molar-refractivity contribution in [3.8, 4) is 16.9 Å². The van der Waals surface area contributed by atoms with E-state index in [4.69, 9.17) is 0 Å². The molecule has 1 atom stereocenters. The van der Waals surface area contributed by atoms with Crippen molar-refractivity contribution >= 4 is 16.8 Å². The van der Waals surface area contributed by atoms with Crippen molar-refractivity contribution in [2.45, 2.75) is 25.6 Å². The van der Waals surface area contributed by atoms with Crippen LogP contribution in [-0.4, -0.2) is 33.6 Å². The van der Waals surface area contributed by atoms with E-state index in [1.807, 2.05) is 42.5 Å². The SMILES string of the molecule is C[C@@H](NC(=O)Cc1ccc(-c2cccc3ncncc23)cc1)c1ccc(OCC(F)(F)F)cn1. The predicted molar refractivity (Wildman–Crippen MR) is 121 cm³/mol. The van der Waals surface area contributed by atoms with Gasteiger partial charge in [-0.05, 0) is 41.8 Å². The molecule has 4 rings (SSSR count). The number of rotatable bonds is 7. The summed E-state index contributed by atoms with van der Waals surface area (Å²) in [5, 5.41) is 3.80. The van der Waals surface area contributed by atoms with Gasteiger partial charge in [-0.3, -0.25) is 9.78 Å². The third kappa shape index (κ3) is 5.86. The van der Waals surface area contributed by atoms with E-state index in [2.05, 4.69) is 25.0 Å². The van der Waals surface area contributed by atoms with E-state index >= 15 is 0 Å². The second kappa shape index (κ2) is 9.86. The first kappa shape index (κ1) is 23.2. The Balaban J connectivity index is 1.36. The average molecular weight is 466 g/mol. The summed E-state index contributed by atoms with van der Waals surface area (Å²) in [5.74, 6) is -0.185. The van der Waals surface area contributed by atoms with Gasteiger partial charge in [0.2, 0.25) is 5.91 Å². The summed E-state index contributed by atoms with van der Waals surface area (Å²) < 4.78 is 41.4. The van der Waals surface area contributed by atoms with Crippen LogP contribution in [0.25, 0.3) is 22.0 Å². The summed E-state index contributed by atoms with van der Waals surface area (Å²) in [6, 6.07) is 16.1. The number of nitrogens with zero attached hydrogens (tertiary/aromatic N) is 3. The van der Waals surface area contributed by atoms with Gasteiger partial charge in [0.25, 0.3) is 0 Å². The normalized spacial score (nSPS) is 12.4. The molecule has 2 aromatic carbocycles. The molecule has 0 radical (unpaired) electrons. The summed E-state index contributed by atoms with van der Waals surface area (Å²) in [6.45, 7) is 0.371. The van der Waals surface area contributed by atoms with Crippen molar-refractivity contribution in [1.82, 2.24) is 20.3 Å². The number of alkyl halides is 3. The van der Waals surface area contributed by atoms with Gasteiger partial charge in [-0.15, -0.1) is 0 Å². The van der Waals surface area contributed by atoms with E-state index < -0.39 is 18.8 Å². The van der Waals surface area contributed by atoms with Crippen molar-refractivity contribution < 1.29 is 22.7 Å². The number of carbonyl (C=O) groups excluding carboxylic acids is 1. The summed E-state index contributed by atoms with van der Waals surface area (Å²) in [6.07, 6.45) is 0.266. The van der Waals surface area contributed by atoms with Gasteiger partial charge < -0.3 is 10.1 Å². The molecular formula is C25H21F3N4O2. The molecule has 0 unspecified atom stereocenters.